The lowest BCUT2D eigenvalue weighted by molar-refractivity contribution is -0.125. The number of anilines is 1. The minimum Gasteiger partial charge on any atom is -0.316 e. The van der Waals surface area contributed by atoms with Crippen LogP contribution < -0.4 is 10.6 Å². The van der Waals surface area contributed by atoms with Crippen LogP contribution in [0, 0.1) is 5.41 Å². The molecule has 1 atom stereocenters. The van der Waals surface area contributed by atoms with Gasteiger partial charge in [0.1, 0.15) is 5.82 Å². The molecule has 0 radical (unpaired) electrons. The third-order valence-corrected chi connectivity index (χ3v) is 3.05. The van der Waals surface area contributed by atoms with Crippen LogP contribution in [-0.4, -0.2) is 24.0 Å². The summed E-state index contributed by atoms with van der Waals surface area (Å²) < 4.78 is 0. The molecular formula is C12H17N3O. The predicted octanol–water partition coefficient (Wildman–Crippen LogP) is 1.41. The molecule has 2 rings (SSSR count). The third kappa shape index (κ3) is 2.39. The lowest BCUT2D eigenvalue weighted by atomic mass is 9.82. The number of aromatic nitrogens is 1. The lowest BCUT2D eigenvalue weighted by Crippen LogP contribution is -2.46. The molecule has 1 unspecified atom stereocenters. The van der Waals surface area contributed by atoms with Gasteiger partial charge in [-0.2, -0.15) is 0 Å². The highest BCUT2D eigenvalue weighted by Gasteiger charge is 2.34. The van der Waals surface area contributed by atoms with Crippen molar-refractivity contribution >= 4 is 11.7 Å². The van der Waals surface area contributed by atoms with Gasteiger partial charge < -0.3 is 10.6 Å². The molecule has 86 valence electrons. The van der Waals surface area contributed by atoms with E-state index in [1.807, 2.05) is 19.1 Å². The van der Waals surface area contributed by atoms with Crippen LogP contribution in [0.15, 0.2) is 24.4 Å². The SMILES string of the molecule is CC1(C(=O)Nc2ccccn2)CCCNC1. The van der Waals surface area contributed by atoms with E-state index >= 15 is 0 Å². The number of amides is 1. The first-order chi connectivity index (χ1) is 7.71. The van der Waals surface area contributed by atoms with Gasteiger partial charge in [-0.3, -0.25) is 4.79 Å². The van der Waals surface area contributed by atoms with Gasteiger partial charge in [0.2, 0.25) is 5.91 Å². The molecule has 1 amide bonds. The van der Waals surface area contributed by atoms with Crippen molar-refractivity contribution in [3.8, 4) is 0 Å². The quantitative estimate of drug-likeness (QED) is 0.790. The maximum Gasteiger partial charge on any atom is 0.232 e. The molecule has 0 saturated carbocycles. The smallest absolute Gasteiger partial charge is 0.232 e. The molecule has 1 aromatic heterocycles. The van der Waals surface area contributed by atoms with Crippen molar-refractivity contribution < 1.29 is 4.79 Å². The Bertz CT molecular complexity index is 358. The molecule has 0 bridgehead atoms. The Labute approximate surface area is 95.5 Å². The number of piperidine rings is 1. The highest BCUT2D eigenvalue weighted by atomic mass is 16.2. The Kier molecular flexibility index (Phi) is 3.19. The van der Waals surface area contributed by atoms with Gasteiger partial charge in [0.25, 0.3) is 0 Å². The van der Waals surface area contributed by atoms with Gasteiger partial charge in [-0.1, -0.05) is 6.07 Å². The van der Waals surface area contributed by atoms with E-state index in [0.717, 1.165) is 25.9 Å². The van der Waals surface area contributed by atoms with Crippen molar-refractivity contribution in [2.45, 2.75) is 19.8 Å². The zero-order valence-electron chi connectivity index (χ0n) is 9.49. The van der Waals surface area contributed by atoms with Crippen LogP contribution in [0.3, 0.4) is 0 Å². The second-order valence-electron chi connectivity index (χ2n) is 4.51. The summed E-state index contributed by atoms with van der Waals surface area (Å²) in [6, 6.07) is 5.50. The first-order valence-corrected chi connectivity index (χ1v) is 5.64. The largest absolute Gasteiger partial charge is 0.316 e. The third-order valence-electron chi connectivity index (χ3n) is 3.05. The van der Waals surface area contributed by atoms with Gasteiger partial charge in [0, 0.05) is 12.7 Å². The summed E-state index contributed by atoms with van der Waals surface area (Å²) in [5.74, 6) is 0.678. The van der Waals surface area contributed by atoms with E-state index in [9.17, 15) is 4.79 Å². The standard InChI is InChI=1S/C12H17N3O/c1-12(6-4-7-13-9-12)11(16)15-10-5-2-3-8-14-10/h2-3,5,8,13H,4,6-7,9H2,1H3,(H,14,15,16). The molecule has 2 heterocycles. The number of carbonyl (C=O) groups excluding carboxylic acids is 1. The summed E-state index contributed by atoms with van der Waals surface area (Å²) in [5, 5.41) is 6.12. The Morgan fingerprint density at radius 2 is 2.44 bits per heavy atom. The molecule has 4 nitrogen and oxygen atoms in total. The van der Waals surface area contributed by atoms with Gasteiger partial charge in [-0.15, -0.1) is 0 Å². The number of carbonyl (C=O) groups is 1. The molecule has 2 N–H and O–H groups in total. The summed E-state index contributed by atoms with van der Waals surface area (Å²) in [5.41, 5.74) is -0.310. The summed E-state index contributed by atoms with van der Waals surface area (Å²) in [7, 11) is 0. The first-order valence-electron chi connectivity index (χ1n) is 5.64. The Morgan fingerprint density at radius 3 is 3.06 bits per heavy atom. The highest BCUT2D eigenvalue weighted by molar-refractivity contribution is 5.94. The normalized spacial score (nSPS) is 25.1. The van der Waals surface area contributed by atoms with E-state index in [4.69, 9.17) is 0 Å². The molecule has 16 heavy (non-hydrogen) atoms. The Morgan fingerprint density at radius 1 is 1.56 bits per heavy atom. The second kappa shape index (κ2) is 4.61. The minimum atomic E-state index is -0.310. The molecule has 1 aliphatic rings. The first kappa shape index (κ1) is 11.1. The van der Waals surface area contributed by atoms with E-state index in [1.54, 1.807) is 12.3 Å². The number of nitrogens with zero attached hydrogens (tertiary/aromatic N) is 1. The number of hydrogen-bond acceptors (Lipinski definition) is 3. The Balaban J connectivity index is 2.02. The maximum absolute atomic E-state index is 12.1. The van der Waals surface area contributed by atoms with Gasteiger partial charge in [-0.25, -0.2) is 4.98 Å². The van der Waals surface area contributed by atoms with Crippen LogP contribution in [0.25, 0.3) is 0 Å². The van der Waals surface area contributed by atoms with Crippen LogP contribution in [0.4, 0.5) is 5.82 Å². The molecule has 1 fully saturated rings. The fraction of sp³-hybridized carbons (Fsp3) is 0.500. The zero-order valence-corrected chi connectivity index (χ0v) is 9.49. The topological polar surface area (TPSA) is 54.0 Å². The molecule has 0 aromatic carbocycles. The van der Waals surface area contributed by atoms with Crippen molar-refractivity contribution in [1.29, 1.82) is 0 Å². The fourth-order valence-corrected chi connectivity index (χ4v) is 1.95. The van der Waals surface area contributed by atoms with Gasteiger partial charge in [-0.05, 0) is 38.4 Å². The van der Waals surface area contributed by atoms with Crippen LogP contribution >= 0.6 is 0 Å². The van der Waals surface area contributed by atoms with Crippen LogP contribution in [0.5, 0.6) is 0 Å². The maximum atomic E-state index is 12.1. The van der Waals surface area contributed by atoms with Crippen molar-refractivity contribution in [2.75, 3.05) is 18.4 Å². The monoisotopic (exact) mass is 219 g/mol. The number of hydrogen-bond donors (Lipinski definition) is 2. The highest BCUT2D eigenvalue weighted by Crippen LogP contribution is 2.26. The van der Waals surface area contributed by atoms with E-state index in [2.05, 4.69) is 15.6 Å². The zero-order chi connectivity index (χ0) is 11.4. The average Bonchev–Trinajstić information content (AvgIpc) is 2.31. The molecular weight excluding hydrogens is 202 g/mol. The van der Waals surface area contributed by atoms with E-state index in [1.165, 1.54) is 0 Å². The van der Waals surface area contributed by atoms with E-state index in [-0.39, 0.29) is 11.3 Å². The molecule has 0 spiro atoms. The van der Waals surface area contributed by atoms with Crippen molar-refractivity contribution in [1.82, 2.24) is 10.3 Å². The van der Waals surface area contributed by atoms with E-state index in [0.29, 0.717) is 5.82 Å². The van der Waals surface area contributed by atoms with Crippen LogP contribution in [0.2, 0.25) is 0 Å². The fourth-order valence-electron chi connectivity index (χ4n) is 1.95. The number of rotatable bonds is 2. The van der Waals surface area contributed by atoms with Gasteiger partial charge in [0.05, 0.1) is 5.41 Å². The van der Waals surface area contributed by atoms with Crippen molar-refractivity contribution in [3.05, 3.63) is 24.4 Å². The molecule has 0 aliphatic carbocycles. The molecule has 1 aromatic rings. The second-order valence-corrected chi connectivity index (χ2v) is 4.51. The summed E-state index contributed by atoms with van der Waals surface area (Å²) >= 11 is 0. The number of pyridine rings is 1. The molecule has 4 heteroatoms. The van der Waals surface area contributed by atoms with Crippen molar-refractivity contribution in [3.63, 3.8) is 0 Å². The van der Waals surface area contributed by atoms with Gasteiger partial charge in [0.15, 0.2) is 0 Å². The lowest BCUT2D eigenvalue weighted by Gasteiger charge is -2.32. The molecule has 1 saturated heterocycles. The predicted molar refractivity (Wildman–Crippen MR) is 63.1 cm³/mol. The van der Waals surface area contributed by atoms with Gasteiger partial charge >= 0.3 is 0 Å². The number of nitrogens with one attached hydrogen (secondary N) is 2. The van der Waals surface area contributed by atoms with E-state index < -0.39 is 0 Å². The van der Waals surface area contributed by atoms with Crippen LogP contribution in [-0.2, 0) is 4.79 Å². The summed E-state index contributed by atoms with van der Waals surface area (Å²) in [4.78, 5) is 16.2. The summed E-state index contributed by atoms with van der Waals surface area (Å²) in [6.45, 7) is 3.75. The van der Waals surface area contributed by atoms with Crippen LogP contribution in [0.1, 0.15) is 19.8 Å². The minimum absolute atomic E-state index is 0.0541. The Hall–Kier alpha value is -1.42. The molecule has 1 aliphatic heterocycles. The van der Waals surface area contributed by atoms with Crippen molar-refractivity contribution in [2.24, 2.45) is 5.41 Å². The average molecular weight is 219 g/mol. The summed E-state index contributed by atoms with van der Waals surface area (Å²) in [6.07, 6.45) is 3.65.